The van der Waals surface area contributed by atoms with Crippen LogP contribution in [0.1, 0.15) is 44.1 Å². The van der Waals surface area contributed by atoms with Crippen molar-refractivity contribution in [2.75, 3.05) is 18.5 Å². The highest BCUT2D eigenvalue weighted by Gasteiger charge is 2.33. The second-order valence-corrected chi connectivity index (χ2v) is 6.00. The van der Waals surface area contributed by atoms with Gasteiger partial charge in [0, 0.05) is 25.3 Å². The van der Waals surface area contributed by atoms with Gasteiger partial charge >= 0.3 is 0 Å². The second kappa shape index (κ2) is 5.91. The Balaban J connectivity index is 1.75. The molecule has 2 heterocycles. The Bertz CT molecular complexity index is 399. The number of fused-ring (bicyclic) bond motifs is 1. The van der Waals surface area contributed by atoms with Gasteiger partial charge in [-0.05, 0) is 50.3 Å². The first-order valence-corrected chi connectivity index (χ1v) is 7.74. The number of piperidine rings is 1. The number of hydrogen-bond donors (Lipinski definition) is 1. The molecule has 1 saturated carbocycles. The number of anilines is 1. The lowest BCUT2D eigenvalue weighted by Crippen LogP contribution is -2.47. The number of hydrogen-bond acceptors (Lipinski definition) is 3. The zero-order valence-electron chi connectivity index (χ0n) is 11.9. The van der Waals surface area contributed by atoms with Gasteiger partial charge < -0.3 is 10.2 Å². The van der Waals surface area contributed by atoms with Crippen molar-refractivity contribution >= 4 is 5.82 Å². The van der Waals surface area contributed by atoms with E-state index in [-0.39, 0.29) is 0 Å². The lowest BCUT2D eigenvalue weighted by atomic mass is 9.78. The molecule has 2 unspecified atom stereocenters. The summed E-state index contributed by atoms with van der Waals surface area (Å²) in [5.41, 5.74) is 1.27. The van der Waals surface area contributed by atoms with Crippen LogP contribution in [-0.4, -0.2) is 24.6 Å². The van der Waals surface area contributed by atoms with E-state index in [4.69, 9.17) is 4.98 Å². The van der Waals surface area contributed by atoms with Crippen LogP contribution < -0.4 is 10.2 Å². The Labute approximate surface area is 116 Å². The van der Waals surface area contributed by atoms with Crippen molar-refractivity contribution in [2.24, 2.45) is 5.92 Å². The molecule has 3 heteroatoms. The van der Waals surface area contributed by atoms with Crippen LogP contribution in [0.4, 0.5) is 5.82 Å². The monoisotopic (exact) mass is 259 g/mol. The highest BCUT2D eigenvalue weighted by molar-refractivity contribution is 5.41. The van der Waals surface area contributed by atoms with E-state index < -0.39 is 0 Å². The second-order valence-electron chi connectivity index (χ2n) is 6.00. The van der Waals surface area contributed by atoms with Crippen LogP contribution in [0.25, 0.3) is 0 Å². The van der Waals surface area contributed by atoms with E-state index in [1.165, 1.54) is 56.5 Å². The average Bonchev–Trinajstić information content (AvgIpc) is 2.48. The van der Waals surface area contributed by atoms with Crippen LogP contribution in [0.2, 0.25) is 0 Å². The minimum atomic E-state index is 0.755. The molecular formula is C16H25N3. The minimum absolute atomic E-state index is 0.755. The van der Waals surface area contributed by atoms with Gasteiger partial charge in [-0.1, -0.05) is 18.9 Å². The maximum Gasteiger partial charge on any atom is 0.128 e. The fourth-order valence-electron chi connectivity index (χ4n) is 3.80. The molecule has 3 nitrogen and oxygen atoms in total. The number of nitrogens with zero attached hydrogens (tertiary/aromatic N) is 2. The fourth-order valence-corrected chi connectivity index (χ4v) is 3.80. The van der Waals surface area contributed by atoms with Crippen LogP contribution >= 0.6 is 0 Å². The first kappa shape index (κ1) is 12.9. The van der Waals surface area contributed by atoms with Gasteiger partial charge in [0.1, 0.15) is 5.82 Å². The van der Waals surface area contributed by atoms with Gasteiger partial charge in [0.15, 0.2) is 0 Å². The summed E-state index contributed by atoms with van der Waals surface area (Å²) in [6, 6.07) is 5.18. The molecule has 1 aliphatic carbocycles. The molecule has 3 rings (SSSR count). The summed E-state index contributed by atoms with van der Waals surface area (Å²) in [6.07, 6.45) is 10.4. The normalized spacial score (nSPS) is 27.1. The van der Waals surface area contributed by atoms with Gasteiger partial charge in [-0.2, -0.15) is 0 Å². The van der Waals surface area contributed by atoms with E-state index in [0.29, 0.717) is 0 Å². The molecule has 0 amide bonds. The molecule has 0 radical (unpaired) electrons. The smallest absolute Gasteiger partial charge is 0.128 e. The van der Waals surface area contributed by atoms with Crippen molar-refractivity contribution in [3.8, 4) is 0 Å². The molecule has 2 fully saturated rings. The minimum Gasteiger partial charge on any atom is -0.353 e. The van der Waals surface area contributed by atoms with E-state index >= 15 is 0 Å². The Kier molecular flexibility index (Phi) is 4.02. The van der Waals surface area contributed by atoms with Crippen LogP contribution in [0.15, 0.2) is 18.3 Å². The van der Waals surface area contributed by atoms with Crippen LogP contribution in [-0.2, 0) is 6.54 Å². The Morgan fingerprint density at radius 1 is 1.21 bits per heavy atom. The zero-order valence-corrected chi connectivity index (χ0v) is 11.9. The predicted molar refractivity (Wildman–Crippen MR) is 79.3 cm³/mol. The maximum atomic E-state index is 4.70. The Morgan fingerprint density at radius 2 is 2.05 bits per heavy atom. The summed E-state index contributed by atoms with van der Waals surface area (Å²) in [7, 11) is 1.98. The molecule has 2 aliphatic rings. The summed E-state index contributed by atoms with van der Waals surface area (Å²) in [5.74, 6) is 2.11. The van der Waals surface area contributed by atoms with Gasteiger partial charge in [-0.15, -0.1) is 0 Å². The largest absolute Gasteiger partial charge is 0.353 e. The number of rotatable bonds is 3. The van der Waals surface area contributed by atoms with Crippen LogP contribution in [0, 0.1) is 5.92 Å². The molecule has 1 N–H and O–H groups in total. The van der Waals surface area contributed by atoms with E-state index in [0.717, 1.165) is 18.5 Å². The van der Waals surface area contributed by atoms with Gasteiger partial charge in [-0.3, -0.25) is 0 Å². The highest BCUT2D eigenvalue weighted by atomic mass is 15.2. The van der Waals surface area contributed by atoms with Gasteiger partial charge in [0.25, 0.3) is 0 Å². The third-order valence-corrected chi connectivity index (χ3v) is 4.73. The van der Waals surface area contributed by atoms with E-state index in [1.807, 2.05) is 13.2 Å². The van der Waals surface area contributed by atoms with E-state index in [1.54, 1.807) is 0 Å². The summed E-state index contributed by atoms with van der Waals surface area (Å²) in [4.78, 5) is 7.28. The quantitative estimate of drug-likeness (QED) is 0.904. The third kappa shape index (κ3) is 2.76. The summed E-state index contributed by atoms with van der Waals surface area (Å²) >= 11 is 0. The van der Waals surface area contributed by atoms with Crippen molar-refractivity contribution in [2.45, 2.75) is 51.1 Å². The standard InChI is InChI=1S/C16H25N3/c1-17-11-13-8-9-16(18-12-13)19-10-4-6-14-5-2-3-7-15(14)19/h8-9,12,14-15,17H,2-7,10-11H2,1H3. The molecule has 1 aromatic heterocycles. The molecule has 0 aromatic carbocycles. The molecule has 0 spiro atoms. The van der Waals surface area contributed by atoms with Crippen molar-refractivity contribution in [1.82, 2.24) is 10.3 Å². The zero-order chi connectivity index (χ0) is 13.1. The van der Waals surface area contributed by atoms with E-state index in [2.05, 4.69) is 22.3 Å². The summed E-state index contributed by atoms with van der Waals surface area (Å²) in [5, 5.41) is 3.17. The number of pyridine rings is 1. The maximum absolute atomic E-state index is 4.70. The fraction of sp³-hybridized carbons (Fsp3) is 0.688. The van der Waals surface area contributed by atoms with Gasteiger partial charge in [0.2, 0.25) is 0 Å². The molecule has 104 valence electrons. The molecule has 1 saturated heterocycles. The summed E-state index contributed by atoms with van der Waals surface area (Å²) in [6.45, 7) is 2.10. The lowest BCUT2D eigenvalue weighted by Gasteiger charge is -2.44. The topological polar surface area (TPSA) is 28.2 Å². The number of nitrogens with one attached hydrogen (secondary N) is 1. The van der Waals surface area contributed by atoms with Crippen molar-refractivity contribution in [3.05, 3.63) is 23.9 Å². The van der Waals surface area contributed by atoms with Crippen molar-refractivity contribution in [3.63, 3.8) is 0 Å². The lowest BCUT2D eigenvalue weighted by molar-refractivity contribution is 0.243. The molecule has 19 heavy (non-hydrogen) atoms. The van der Waals surface area contributed by atoms with Crippen LogP contribution in [0.5, 0.6) is 0 Å². The van der Waals surface area contributed by atoms with Gasteiger partial charge in [0.05, 0.1) is 0 Å². The Hall–Kier alpha value is -1.09. The molecule has 1 aromatic rings. The molecular weight excluding hydrogens is 234 g/mol. The van der Waals surface area contributed by atoms with Crippen molar-refractivity contribution < 1.29 is 0 Å². The average molecular weight is 259 g/mol. The Morgan fingerprint density at radius 3 is 2.84 bits per heavy atom. The highest BCUT2D eigenvalue weighted by Crippen LogP contribution is 2.37. The SMILES string of the molecule is CNCc1ccc(N2CCCC3CCCCC32)nc1. The van der Waals surface area contributed by atoms with Crippen molar-refractivity contribution in [1.29, 1.82) is 0 Å². The number of aromatic nitrogens is 1. The predicted octanol–water partition coefficient (Wildman–Crippen LogP) is 2.96. The van der Waals surface area contributed by atoms with Gasteiger partial charge in [-0.25, -0.2) is 4.98 Å². The van der Waals surface area contributed by atoms with Crippen LogP contribution in [0.3, 0.4) is 0 Å². The molecule has 0 bridgehead atoms. The summed E-state index contributed by atoms with van der Waals surface area (Å²) < 4.78 is 0. The third-order valence-electron chi connectivity index (χ3n) is 4.73. The molecule has 2 atom stereocenters. The van der Waals surface area contributed by atoms with E-state index in [9.17, 15) is 0 Å². The first-order chi connectivity index (χ1) is 9.38. The molecule has 1 aliphatic heterocycles. The first-order valence-electron chi connectivity index (χ1n) is 7.74.